The van der Waals surface area contributed by atoms with Crippen LogP contribution in [0.4, 0.5) is 11.4 Å². The van der Waals surface area contributed by atoms with E-state index in [2.05, 4.69) is 22.3 Å². The summed E-state index contributed by atoms with van der Waals surface area (Å²) in [5.74, 6) is -0.319. The fourth-order valence-corrected chi connectivity index (χ4v) is 3.30. The molecule has 0 aromatic heterocycles. The van der Waals surface area contributed by atoms with E-state index in [0.29, 0.717) is 12.1 Å². The maximum absolute atomic E-state index is 13.3. The Morgan fingerprint density at radius 1 is 0.935 bits per heavy atom. The first-order valence-electron chi connectivity index (χ1n) is 10.6. The lowest BCUT2D eigenvalue weighted by molar-refractivity contribution is -0.119. The molecule has 1 N–H and O–H groups in total. The zero-order valence-electron chi connectivity index (χ0n) is 18.8. The lowest BCUT2D eigenvalue weighted by Crippen LogP contribution is -2.48. The maximum atomic E-state index is 13.3. The minimum absolute atomic E-state index is 0.00372. The van der Waals surface area contributed by atoms with Gasteiger partial charge in [-0.05, 0) is 64.2 Å². The molecule has 0 unspecified atom stereocenters. The second-order valence-electron chi connectivity index (χ2n) is 8.84. The van der Waals surface area contributed by atoms with Gasteiger partial charge in [-0.25, -0.2) is 5.48 Å². The smallest absolute Gasteiger partial charge is 0.274 e. The molecule has 0 saturated carbocycles. The molecule has 1 saturated heterocycles. The number of benzene rings is 2. The number of amides is 2. The summed E-state index contributed by atoms with van der Waals surface area (Å²) < 4.78 is 0. The summed E-state index contributed by atoms with van der Waals surface area (Å²) >= 11 is 0. The van der Waals surface area contributed by atoms with Crippen LogP contribution in [0.2, 0.25) is 0 Å². The number of nitrogens with one attached hydrogen (secondary N) is 1. The van der Waals surface area contributed by atoms with Gasteiger partial charge < -0.3 is 4.90 Å². The summed E-state index contributed by atoms with van der Waals surface area (Å²) in [6.07, 6.45) is 0. The number of piperazine rings is 1. The molecule has 0 aliphatic carbocycles. The summed E-state index contributed by atoms with van der Waals surface area (Å²) in [6, 6.07) is 16.6. The Morgan fingerprint density at radius 3 is 2.10 bits per heavy atom. The van der Waals surface area contributed by atoms with E-state index < -0.39 is 5.60 Å². The minimum Gasteiger partial charge on any atom is -0.304 e. The molecule has 2 aromatic carbocycles. The Kier molecular flexibility index (Phi) is 7.43. The molecule has 0 atom stereocenters. The van der Waals surface area contributed by atoms with Gasteiger partial charge in [0, 0.05) is 43.1 Å². The van der Waals surface area contributed by atoms with Gasteiger partial charge in [0.15, 0.2) is 0 Å². The van der Waals surface area contributed by atoms with Crippen molar-refractivity contribution >= 4 is 23.2 Å². The largest absolute Gasteiger partial charge is 0.304 e. The van der Waals surface area contributed by atoms with Crippen LogP contribution in [0.25, 0.3) is 0 Å². The Hall–Kier alpha value is -2.74. The van der Waals surface area contributed by atoms with E-state index in [1.165, 1.54) is 0 Å². The van der Waals surface area contributed by atoms with Crippen molar-refractivity contribution in [3.8, 4) is 0 Å². The molecular weight excluding hydrogens is 392 g/mol. The van der Waals surface area contributed by atoms with E-state index >= 15 is 0 Å². The lowest BCUT2D eigenvalue weighted by atomic mass is 10.1. The van der Waals surface area contributed by atoms with Gasteiger partial charge in [-0.3, -0.25) is 24.2 Å². The van der Waals surface area contributed by atoms with Gasteiger partial charge in [0.1, 0.15) is 0 Å². The van der Waals surface area contributed by atoms with Crippen LogP contribution in [0.15, 0.2) is 54.6 Å². The third kappa shape index (κ3) is 6.62. The van der Waals surface area contributed by atoms with Crippen molar-refractivity contribution in [3.63, 3.8) is 0 Å². The summed E-state index contributed by atoms with van der Waals surface area (Å²) in [7, 11) is 2.10. The second-order valence-corrected chi connectivity index (χ2v) is 8.84. The Morgan fingerprint density at radius 2 is 1.52 bits per heavy atom. The topological polar surface area (TPSA) is 65.1 Å². The number of hydrogen-bond acceptors (Lipinski definition) is 5. The number of hydrogen-bond donors (Lipinski definition) is 1. The number of carbonyl (C=O) groups excluding carboxylic acids is 2. The van der Waals surface area contributed by atoms with Crippen LogP contribution in [-0.2, 0) is 9.63 Å². The molecule has 7 heteroatoms. The van der Waals surface area contributed by atoms with Crippen LogP contribution in [0.5, 0.6) is 0 Å². The fraction of sp³-hybridized carbons (Fsp3) is 0.417. The van der Waals surface area contributed by atoms with Crippen LogP contribution >= 0.6 is 0 Å². The van der Waals surface area contributed by atoms with Crippen molar-refractivity contribution in [2.24, 2.45) is 0 Å². The van der Waals surface area contributed by atoms with Crippen LogP contribution in [-0.4, -0.2) is 67.0 Å². The number of hydroxylamine groups is 1. The molecule has 1 aliphatic rings. The Balaban J connectivity index is 1.76. The highest BCUT2D eigenvalue weighted by Gasteiger charge is 2.23. The SMILES string of the molecule is CN1CCN(CC(=O)N(c2ccccc2)c2ccc(C(=O)NOC(C)(C)C)cc2)CC1. The minimum atomic E-state index is -0.477. The van der Waals surface area contributed by atoms with E-state index in [0.717, 1.165) is 37.6 Å². The van der Waals surface area contributed by atoms with Crippen molar-refractivity contribution < 1.29 is 14.4 Å². The molecule has 2 amide bonds. The summed E-state index contributed by atoms with van der Waals surface area (Å²) in [6.45, 7) is 9.60. The number of rotatable bonds is 6. The van der Waals surface area contributed by atoms with Gasteiger partial charge in [0.2, 0.25) is 5.91 Å². The van der Waals surface area contributed by atoms with Gasteiger partial charge in [-0.2, -0.15) is 0 Å². The number of anilines is 2. The molecule has 1 aliphatic heterocycles. The average Bonchev–Trinajstić information content (AvgIpc) is 2.74. The number of para-hydroxylation sites is 1. The summed E-state index contributed by atoms with van der Waals surface area (Å²) in [4.78, 5) is 37.2. The van der Waals surface area contributed by atoms with Gasteiger partial charge in [-0.15, -0.1) is 0 Å². The molecule has 2 aromatic rings. The van der Waals surface area contributed by atoms with Crippen LogP contribution in [0.3, 0.4) is 0 Å². The standard InChI is InChI=1S/C24H32N4O3/c1-24(2,3)31-25-23(30)19-10-12-21(13-11-19)28(20-8-6-5-7-9-20)22(29)18-27-16-14-26(4)15-17-27/h5-13H,14-18H2,1-4H3,(H,25,30). The van der Waals surface area contributed by atoms with Crippen LogP contribution in [0.1, 0.15) is 31.1 Å². The first-order valence-corrected chi connectivity index (χ1v) is 10.6. The molecule has 1 heterocycles. The van der Waals surface area contributed by atoms with Gasteiger partial charge >= 0.3 is 0 Å². The zero-order valence-corrected chi connectivity index (χ0v) is 18.8. The van der Waals surface area contributed by atoms with Crippen molar-refractivity contribution in [3.05, 3.63) is 60.2 Å². The average molecular weight is 425 g/mol. The van der Waals surface area contributed by atoms with Gasteiger partial charge in [-0.1, -0.05) is 18.2 Å². The van der Waals surface area contributed by atoms with Crippen molar-refractivity contribution in [1.82, 2.24) is 15.3 Å². The number of nitrogens with zero attached hydrogens (tertiary/aromatic N) is 3. The molecule has 166 valence electrons. The van der Waals surface area contributed by atoms with Crippen LogP contribution in [0, 0.1) is 0 Å². The van der Waals surface area contributed by atoms with E-state index in [-0.39, 0.29) is 11.8 Å². The maximum Gasteiger partial charge on any atom is 0.274 e. The van der Waals surface area contributed by atoms with Gasteiger partial charge in [0.05, 0.1) is 12.1 Å². The summed E-state index contributed by atoms with van der Waals surface area (Å²) in [5.41, 5.74) is 3.98. The van der Waals surface area contributed by atoms with E-state index in [1.54, 1.807) is 29.2 Å². The Bertz CT molecular complexity index is 870. The fourth-order valence-electron chi connectivity index (χ4n) is 3.30. The second kappa shape index (κ2) is 10.0. The van der Waals surface area contributed by atoms with E-state index in [9.17, 15) is 9.59 Å². The molecule has 3 rings (SSSR count). The van der Waals surface area contributed by atoms with E-state index in [4.69, 9.17) is 4.84 Å². The molecule has 0 radical (unpaired) electrons. The monoisotopic (exact) mass is 424 g/mol. The number of likely N-dealkylation sites (N-methyl/N-ethyl adjacent to an activating group) is 1. The van der Waals surface area contributed by atoms with Gasteiger partial charge in [0.25, 0.3) is 5.91 Å². The first-order chi connectivity index (χ1) is 14.7. The predicted octanol–water partition coefficient (Wildman–Crippen LogP) is 3.06. The normalized spacial score (nSPS) is 15.5. The molecular formula is C24H32N4O3. The molecule has 7 nitrogen and oxygen atoms in total. The highest BCUT2D eigenvalue weighted by molar-refractivity contribution is 6.02. The number of carbonyl (C=O) groups is 2. The van der Waals surface area contributed by atoms with Crippen molar-refractivity contribution in [1.29, 1.82) is 0 Å². The lowest BCUT2D eigenvalue weighted by Gasteiger charge is -2.33. The molecule has 31 heavy (non-hydrogen) atoms. The Labute approximate surface area is 184 Å². The molecule has 0 spiro atoms. The third-order valence-corrected chi connectivity index (χ3v) is 5.06. The molecule has 0 bridgehead atoms. The zero-order chi connectivity index (χ0) is 22.4. The highest BCUT2D eigenvalue weighted by Crippen LogP contribution is 2.26. The summed E-state index contributed by atoms with van der Waals surface area (Å²) in [5, 5.41) is 0. The van der Waals surface area contributed by atoms with Crippen molar-refractivity contribution in [2.75, 3.05) is 44.7 Å². The predicted molar refractivity (Wildman–Crippen MR) is 122 cm³/mol. The third-order valence-electron chi connectivity index (χ3n) is 5.06. The highest BCUT2D eigenvalue weighted by atomic mass is 16.7. The van der Waals surface area contributed by atoms with Crippen molar-refractivity contribution in [2.45, 2.75) is 26.4 Å². The first kappa shape index (κ1) is 22.9. The quantitative estimate of drug-likeness (QED) is 0.722. The molecule has 1 fully saturated rings. The van der Waals surface area contributed by atoms with E-state index in [1.807, 2.05) is 51.1 Å². The van der Waals surface area contributed by atoms with Crippen LogP contribution < -0.4 is 10.4 Å².